The van der Waals surface area contributed by atoms with Crippen LogP contribution >= 0.6 is 23.1 Å². The normalized spacial score (nSPS) is 18.8. The van der Waals surface area contributed by atoms with Gasteiger partial charge in [-0.05, 0) is 42.9 Å². The number of hydrogen-bond acceptors (Lipinski definition) is 7. The van der Waals surface area contributed by atoms with E-state index in [2.05, 4.69) is 6.92 Å². The van der Waals surface area contributed by atoms with Crippen molar-refractivity contribution in [3.63, 3.8) is 0 Å². The molecule has 0 spiro atoms. The summed E-state index contributed by atoms with van der Waals surface area (Å²) in [6, 6.07) is 3.70. The molecule has 4 heterocycles. The minimum Gasteiger partial charge on any atom is -0.467 e. The maximum absolute atomic E-state index is 13.6. The van der Waals surface area contributed by atoms with Crippen molar-refractivity contribution < 1.29 is 13.9 Å². The summed E-state index contributed by atoms with van der Waals surface area (Å²) in [4.78, 5) is 33.9. The van der Waals surface area contributed by atoms with E-state index < -0.39 is 0 Å². The number of nitrogens with zero attached hydrogens (tertiary/aromatic N) is 3. The fourth-order valence-electron chi connectivity index (χ4n) is 4.09. The van der Waals surface area contributed by atoms with Gasteiger partial charge >= 0.3 is 6.09 Å². The number of cyclic esters (lactones) is 1. The van der Waals surface area contributed by atoms with Crippen LogP contribution in [0.4, 0.5) is 4.79 Å². The number of fused-ring (bicyclic) bond motifs is 3. The van der Waals surface area contributed by atoms with Gasteiger partial charge in [0.15, 0.2) is 5.16 Å². The van der Waals surface area contributed by atoms with E-state index in [1.165, 1.54) is 22.2 Å². The van der Waals surface area contributed by atoms with Crippen molar-refractivity contribution in [2.45, 2.75) is 37.9 Å². The fraction of sp³-hybridized carbons (Fsp3) is 0.476. The highest BCUT2D eigenvalue weighted by molar-refractivity contribution is 7.99. The molecule has 1 aliphatic heterocycles. The maximum Gasteiger partial charge on any atom is 0.409 e. The number of furan rings is 1. The minimum atomic E-state index is -0.271. The molecule has 0 aromatic carbocycles. The number of hydrogen-bond donors (Lipinski definition) is 0. The van der Waals surface area contributed by atoms with Crippen LogP contribution in [0.3, 0.4) is 0 Å². The van der Waals surface area contributed by atoms with Crippen molar-refractivity contribution in [2.75, 3.05) is 25.4 Å². The Labute approximate surface area is 182 Å². The summed E-state index contributed by atoms with van der Waals surface area (Å²) in [6.07, 6.45) is 4.42. The van der Waals surface area contributed by atoms with Crippen LogP contribution in [-0.2, 0) is 24.1 Å². The summed E-state index contributed by atoms with van der Waals surface area (Å²) in [5.41, 5.74) is 1.20. The number of amides is 1. The van der Waals surface area contributed by atoms with Crippen LogP contribution in [0.2, 0.25) is 0 Å². The summed E-state index contributed by atoms with van der Waals surface area (Å²) in [5.74, 6) is 2.01. The molecular formula is C21H23N3O4S2. The van der Waals surface area contributed by atoms with Crippen LogP contribution in [0.5, 0.6) is 0 Å². The lowest BCUT2D eigenvalue weighted by atomic mass is 9.89. The molecule has 158 valence electrons. The van der Waals surface area contributed by atoms with Crippen LogP contribution in [0.1, 0.15) is 29.5 Å². The molecule has 3 aromatic rings. The third-order valence-electron chi connectivity index (χ3n) is 5.71. The smallest absolute Gasteiger partial charge is 0.409 e. The molecule has 0 radical (unpaired) electrons. The molecule has 30 heavy (non-hydrogen) atoms. The maximum atomic E-state index is 13.6. The van der Waals surface area contributed by atoms with Crippen LogP contribution in [0, 0.1) is 5.92 Å². The molecule has 1 saturated heterocycles. The summed E-state index contributed by atoms with van der Waals surface area (Å²) >= 11 is 3.16. The Morgan fingerprint density at radius 3 is 3.03 bits per heavy atom. The van der Waals surface area contributed by atoms with E-state index in [1.807, 2.05) is 12.1 Å². The van der Waals surface area contributed by atoms with E-state index in [-0.39, 0.29) is 11.7 Å². The van der Waals surface area contributed by atoms with Gasteiger partial charge in [-0.15, -0.1) is 11.3 Å². The SMILES string of the molecule is C[C@H]1CCc2c(sc3nc(SCCN4CCOC4=O)n(Cc4ccco4)c(=O)c23)C1. The lowest BCUT2D eigenvalue weighted by Crippen LogP contribution is -2.28. The van der Waals surface area contributed by atoms with Gasteiger partial charge in [0.2, 0.25) is 0 Å². The van der Waals surface area contributed by atoms with Crippen molar-refractivity contribution in [3.05, 3.63) is 45.0 Å². The number of carbonyl (C=O) groups is 1. The second-order valence-electron chi connectivity index (χ2n) is 7.85. The number of thiophene rings is 1. The Morgan fingerprint density at radius 2 is 2.27 bits per heavy atom. The highest BCUT2D eigenvalue weighted by Crippen LogP contribution is 2.36. The highest BCUT2D eigenvalue weighted by Gasteiger charge is 2.26. The van der Waals surface area contributed by atoms with Gasteiger partial charge in [0, 0.05) is 17.2 Å². The van der Waals surface area contributed by atoms with E-state index in [9.17, 15) is 9.59 Å². The van der Waals surface area contributed by atoms with E-state index in [4.69, 9.17) is 14.1 Å². The van der Waals surface area contributed by atoms with Crippen LogP contribution < -0.4 is 5.56 Å². The first-order chi connectivity index (χ1) is 14.6. The van der Waals surface area contributed by atoms with Gasteiger partial charge in [-0.1, -0.05) is 18.7 Å². The number of thioether (sulfide) groups is 1. The zero-order chi connectivity index (χ0) is 20.7. The number of carbonyl (C=O) groups excluding carboxylic acids is 1. The molecule has 9 heteroatoms. The van der Waals surface area contributed by atoms with Crippen molar-refractivity contribution >= 4 is 39.4 Å². The second kappa shape index (κ2) is 8.11. The molecule has 1 atom stereocenters. The molecule has 3 aromatic heterocycles. The molecule has 0 unspecified atom stereocenters. The standard InChI is InChI=1S/C21H23N3O4S2/c1-13-4-5-15-16(11-13)30-18-17(15)19(25)24(12-14-3-2-8-27-14)20(22-18)29-10-7-23-6-9-28-21(23)26/h2-3,8,13H,4-7,9-12H2,1H3/t13-/m0/s1. The topological polar surface area (TPSA) is 77.6 Å². The Hall–Kier alpha value is -2.26. The van der Waals surface area contributed by atoms with E-state index in [1.54, 1.807) is 27.1 Å². The van der Waals surface area contributed by atoms with Gasteiger partial charge in [0.1, 0.15) is 17.2 Å². The molecule has 0 saturated carbocycles. The Balaban J connectivity index is 1.50. The largest absolute Gasteiger partial charge is 0.467 e. The number of aryl methyl sites for hydroxylation is 1. The summed E-state index contributed by atoms with van der Waals surface area (Å²) in [5, 5.41) is 1.45. The average molecular weight is 446 g/mol. The molecule has 0 bridgehead atoms. The molecule has 2 aliphatic rings. The Morgan fingerprint density at radius 1 is 1.37 bits per heavy atom. The molecule has 1 amide bonds. The van der Waals surface area contributed by atoms with Gasteiger partial charge in [-0.3, -0.25) is 9.36 Å². The molecular weight excluding hydrogens is 422 g/mol. The van der Waals surface area contributed by atoms with Crippen LogP contribution in [-0.4, -0.2) is 46.0 Å². The second-order valence-corrected chi connectivity index (χ2v) is 9.99. The van der Waals surface area contributed by atoms with E-state index >= 15 is 0 Å². The first kappa shape index (κ1) is 19.7. The van der Waals surface area contributed by atoms with Crippen molar-refractivity contribution in [1.29, 1.82) is 0 Å². The quantitative estimate of drug-likeness (QED) is 0.425. The lowest BCUT2D eigenvalue weighted by Gasteiger charge is -2.17. The monoisotopic (exact) mass is 445 g/mol. The number of ether oxygens (including phenoxy) is 1. The van der Waals surface area contributed by atoms with Gasteiger partial charge in [-0.25, -0.2) is 9.78 Å². The third kappa shape index (κ3) is 3.65. The zero-order valence-corrected chi connectivity index (χ0v) is 18.4. The van der Waals surface area contributed by atoms with Crippen molar-refractivity contribution in [1.82, 2.24) is 14.5 Å². The number of rotatable bonds is 6. The fourth-order valence-corrected chi connectivity index (χ4v) is 6.47. The minimum absolute atomic E-state index is 0.00605. The summed E-state index contributed by atoms with van der Waals surface area (Å²) in [6.45, 7) is 4.23. The summed E-state index contributed by atoms with van der Waals surface area (Å²) in [7, 11) is 0. The third-order valence-corrected chi connectivity index (χ3v) is 7.82. The molecule has 1 aliphatic carbocycles. The average Bonchev–Trinajstić information content (AvgIpc) is 3.45. The summed E-state index contributed by atoms with van der Waals surface area (Å²) < 4.78 is 12.2. The molecule has 7 nitrogen and oxygen atoms in total. The van der Waals surface area contributed by atoms with E-state index in [0.717, 1.165) is 35.2 Å². The molecule has 1 fully saturated rings. The highest BCUT2D eigenvalue weighted by atomic mass is 32.2. The van der Waals surface area contributed by atoms with Crippen LogP contribution in [0.15, 0.2) is 32.8 Å². The zero-order valence-electron chi connectivity index (χ0n) is 16.8. The van der Waals surface area contributed by atoms with Crippen molar-refractivity contribution in [3.8, 4) is 0 Å². The predicted octanol–water partition coefficient (Wildman–Crippen LogP) is 3.77. The van der Waals surface area contributed by atoms with Gasteiger partial charge in [-0.2, -0.15) is 0 Å². The Kier molecular flexibility index (Phi) is 5.32. The molecule has 0 N–H and O–H groups in total. The van der Waals surface area contributed by atoms with Gasteiger partial charge < -0.3 is 14.1 Å². The number of aromatic nitrogens is 2. The first-order valence-electron chi connectivity index (χ1n) is 10.2. The van der Waals surface area contributed by atoms with Gasteiger partial charge in [0.25, 0.3) is 5.56 Å². The predicted molar refractivity (Wildman–Crippen MR) is 117 cm³/mol. The Bertz CT molecular complexity index is 1140. The van der Waals surface area contributed by atoms with E-state index in [0.29, 0.717) is 43.1 Å². The first-order valence-corrected chi connectivity index (χ1v) is 12.0. The van der Waals surface area contributed by atoms with Gasteiger partial charge in [0.05, 0.1) is 24.7 Å². The lowest BCUT2D eigenvalue weighted by molar-refractivity contribution is 0.160. The van der Waals surface area contributed by atoms with Crippen LogP contribution in [0.25, 0.3) is 10.2 Å². The molecule has 5 rings (SSSR count). The van der Waals surface area contributed by atoms with Crippen molar-refractivity contribution in [2.24, 2.45) is 5.92 Å².